The lowest BCUT2D eigenvalue weighted by Gasteiger charge is -2.06. The Morgan fingerprint density at radius 2 is 1.78 bits per heavy atom. The quantitative estimate of drug-likeness (QED) is 0.919. The van der Waals surface area contributed by atoms with Crippen LogP contribution in [0.5, 0.6) is 0 Å². The van der Waals surface area contributed by atoms with Crippen LogP contribution in [-0.2, 0) is 12.8 Å². The molecule has 0 atom stereocenters. The van der Waals surface area contributed by atoms with Crippen LogP contribution in [0.15, 0.2) is 42.6 Å². The first kappa shape index (κ1) is 12.6. The number of halogens is 1. The first-order chi connectivity index (χ1) is 8.68. The van der Waals surface area contributed by atoms with Crippen LogP contribution in [0.1, 0.15) is 21.6 Å². The third kappa shape index (κ3) is 2.87. The molecule has 0 aliphatic carbocycles. The van der Waals surface area contributed by atoms with Gasteiger partial charge in [0.25, 0.3) is 5.91 Å². The van der Waals surface area contributed by atoms with Gasteiger partial charge in [0.05, 0.1) is 0 Å². The van der Waals surface area contributed by atoms with Gasteiger partial charge in [-0.1, -0.05) is 35.9 Å². The Kier molecular flexibility index (Phi) is 3.95. The number of benzene rings is 1. The second-order valence-electron chi connectivity index (χ2n) is 3.97. The van der Waals surface area contributed by atoms with E-state index in [1.807, 2.05) is 30.3 Å². The Morgan fingerprint density at radius 1 is 1.11 bits per heavy atom. The fraction of sp³-hybridized carbons (Fsp3) is 0.143. The molecule has 0 saturated heterocycles. The van der Waals surface area contributed by atoms with Crippen molar-refractivity contribution in [3.05, 3.63) is 64.4 Å². The lowest BCUT2D eigenvalue weighted by molar-refractivity contribution is 0.0994. The van der Waals surface area contributed by atoms with E-state index in [4.69, 9.17) is 17.3 Å². The molecule has 0 aliphatic rings. The van der Waals surface area contributed by atoms with Gasteiger partial charge in [0.2, 0.25) is 0 Å². The Hall–Kier alpha value is -1.87. The highest BCUT2D eigenvalue weighted by atomic mass is 35.5. The number of aryl methyl sites for hydroxylation is 2. The predicted octanol–water partition coefficient (Wildman–Crippen LogP) is 2.62. The second kappa shape index (κ2) is 5.65. The Bertz CT molecular complexity index is 569. The molecule has 0 radical (unpaired) electrons. The first-order valence-electron chi connectivity index (χ1n) is 5.65. The molecule has 2 aromatic rings. The number of hydrogen-bond acceptors (Lipinski definition) is 2. The van der Waals surface area contributed by atoms with Crippen LogP contribution in [0.4, 0.5) is 0 Å². The highest BCUT2D eigenvalue weighted by Gasteiger charge is 2.09. The van der Waals surface area contributed by atoms with E-state index in [0.29, 0.717) is 12.1 Å². The fourth-order valence-electron chi connectivity index (χ4n) is 1.83. The number of aromatic nitrogens is 1. The minimum atomic E-state index is -0.496. The van der Waals surface area contributed by atoms with Gasteiger partial charge in [-0.3, -0.25) is 9.78 Å². The lowest BCUT2D eigenvalue weighted by atomic mass is 10.0. The van der Waals surface area contributed by atoms with Gasteiger partial charge < -0.3 is 5.73 Å². The average molecular weight is 261 g/mol. The van der Waals surface area contributed by atoms with Crippen LogP contribution in [0, 0.1) is 0 Å². The van der Waals surface area contributed by atoms with E-state index in [9.17, 15) is 4.79 Å². The van der Waals surface area contributed by atoms with Crippen LogP contribution in [-0.4, -0.2) is 10.9 Å². The van der Waals surface area contributed by atoms with Crippen molar-refractivity contribution in [3.8, 4) is 0 Å². The summed E-state index contributed by atoms with van der Waals surface area (Å²) >= 11 is 6.09. The molecule has 0 aliphatic heterocycles. The van der Waals surface area contributed by atoms with E-state index in [1.165, 1.54) is 0 Å². The topological polar surface area (TPSA) is 56.0 Å². The smallest absolute Gasteiger partial charge is 0.267 e. The molecular formula is C14H13ClN2O. The molecule has 2 rings (SSSR count). The number of pyridine rings is 1. The monoisotopic (exact) mass is 260 g/mol. The molecule has 1 aromatic heterocycles. The predicted molar refractivity (Wildman–Crippen MR) is 71.6 cm³/mol. The maximum Gasteiger partial charge on any atom is 0.267 e. The summed E-state index contributed by atoms with van der Waals surface area (Å²) < 4.78 is 0. The zero-order valence-corrected chi connectivity index (χ0v) is 10.5. The molecule has 4 heteroatoms. The van der Waals surface area contributed by atoms with Gasteiger partial charge >= 0.3 is 0 Å². The number of hydrogen-bond donors (Lipinski definition) is 1. The largest absolute Gasteiger partial charge is 0.364 e. The van der Waals surface area contributed by atoms with Crippen molar-refractivity contribution in [2.75, 3.05) is 0 Å². The van der Waals surface area contributed by atoms with E-state index in [2.05, 4.69) is 4.98 Å². The number of amides is 1. The van der Waals surface area contributed by atoms with E-state index < -0.39 is 5.91 Å². The molecule has 0 unspecified atom stereocenters. The molecule has 0 saturated carbocycles. The summed E-state index contributed by atoms with van der Waals surface area (Å²) in [6, 6.07) is 11.3. The van der Waals surface area contributed by atoms with Crippen molar-refractivity contribution < 1.29 is 4.79 Å². The minimum Gasteiger partial charge on any atom is -0.364 e. The first-order valence-corrected chi connectivity index (χ1v) is 6.03. The van der Waals surface area contributed by atoms with Crippen molar-refractivity contribution in [3.63, 3.8) is 0 Å². The molecule has 3 nitrogen and oxygen atoms in total. The van der Waals surface area contributed by atoms with E-state index in [0.717, 1.165) is 22.6 Å². The van der Waals surface area contributed by atoms with Crippen molar-refractivity contribution in [2.24, 2.45) is 5.73 Å². The fourth-order valence-corrected chi connectivity index (χ4v) is 2.06. The van der Waals surface area contributed by atoms with Crippen LogP contribution >= 0.6 is 11.6 Å². The normalized spacial score (nSPS) is 10.3. The van der Waals surface area contributed by atoms with Crippen LogP contribution in [0.2, 0.25) is 5.02 Å². The molecule has 2 N–H and O–H groups in total. The summed E-state index contributed by atoms with van der Waals surface area (Å²) in [4.78, 5) is 15.2. The van der Waals surface area contributed by atoms with E-state index in [-0.39, 0.29) is 0 Å². The average Bonchev–Trinajstić information content (AvgIpc) is 2.38. The van der Waals surface area contributed by atoms with Gasteiger partial charge in [-0.2, -0.15) is 0 Å². The second-order valence-corrected chi connectivity index (χ2v) is 4.37. The SMILES string of the molecule is NC(=O)c1ncccc1CCc1ccccc1Cl. The molecule has 1 aromatic carbocycles. The van der Waals surface area contributed by atoms with Crippen LogP contribution < -0.4 is 5.73 Å². The van der Waals surface area contributed by atoms with Crippen LogP contribution in [0.25, 0.3) is 0 Å². The number of primary amides is 1. The van der Waals surface area contributed by atoms with Crippen molar-refractivity contribution in [1.29, 1.82) is 0 Å². The minimum absolute atomic E-state index is 0.338. The van der Waals surface area contributed by atoms with Crippen molar-refractivity contribution >= 4 is 17.5 Å². The van der Waals surface area contributed by atoms with Crippen LogP contribution in [0.3, 0.4) is 0 Å². The zero-order valence-electron chi connectivity index (χ0n) is 9.77. The molecule has 0 bridgehead atoms. The highest BCUT2D eigenvalue weighted by molar-refractivity contribution is 6.31. The Labute approximate surface area is 111 Å². The standard InChI is InChI=1S/C14H13ClN2O/c15-12-6-2-1-4-10(12)7-8-11-5-3-9-17-13(11)14(16)18/h1-6,9H,7-8H2,(H2,16,18). The van der Waals surface area contributed by atoms with Gasteiger partial charge in [-0.25, -0.2) is 0 Å². The molecule has 92 valence electrons. The molecule has 18 heavy (non-hydrogen) atoms. The molecule has 0 fully saturated rings. The maximum atomic E-state index is 11.2. The van der Waals surface area contributed by atoms with Gasteiger partial charge in [0.15, 0.2) is 0 Å². The van der Waals surface area contributed by atoms with E-state index >= 15 is 0 Å². The number of nitrogens with two attached hydrogens (primary N) is 1. The molecular weight excluding hydrogens is 248 g/mol. The lowest BCUT2D eigenvalue weighted by Crippen LogP contribution is -2.16. The van der Waals surface area contributed by atoms with Gasteiger partial charge in [0, 0.05) is 11.2 Å². The molecule has 0 spiro atoms. The van der Waals surface area contributed by atoms with Gasteiger partial charge in [-0.05, 0) is 36.1 Å². The van der Waals surface area contributed by atoms with E-state index in [1.54, 1.807) is 12.3 Å². The number of nitrogens with zero attached hydrogens (tertiary/aromatic N) is 1. The molecule has 1 amide bonds. The Morgan fingerprint density at radius 3 is 2.50 bits per heavy atom. The third-order valence-corrected chi connectivity index (χ3v) is 3.11. The Balaban J connectivity index is 2.16. The van der Waals surface area contributed by atoms with Gasteiger partial charge in [-0.15, -0.1) is 0 Å². The zero-order chi connectivity index (χ0) is 13.0. The summed E-state index contributed by atoms with van der Waals surface area (Å²) in [5.41, 5.74) is 7.53. The summed E-state index contributed by atoms with van der Waals surface area (Å²) in [6.45, 7) is 0. The number of rotatable bonds is 4. The van der Waals surface area contributed by atoms with Crippen molar-refractivity contribution in [1.82, 2.24) is 4.98 Å². The highest BCUT2D eigenvalue weighted by Crippen LogP contribution is 2.18. The molecule has 1 heterocycles. The number of carbonyl (C=O) groups excluding carboxylic acids is 1. The summed E-state index contributed by atoms with van der Waals surface area (Å²) in [6.07, 6.45) is 3.01. The van der Waals surface area contributed by atoms with Gasteiger partial charge in [0.1, 0.15) is 5.69 Å². The van der Waals surface area contributed by atoms with Crippen molar-refractivity contribution in [2.45, 2.75) is 12.8 Å². The maximum absolute atomic E-state index is 11.2. The summed E-state index contributed by atoms with van der Waals surface area (Å²) in [7, 11) is 0. The summed E-state index contributed by atoms with van der Waals surface area (Å²) in [5, 5.41) is 0.738. The summed E-state index contributed by atoms with van der Waals surface area (Å²) in [5.74, 6) is -0.496. The number of carbonyl (C=O) groups is 1. The third-order valence-electron chi connectivity index (χ3n) is 2.75.